The first-order chi connectivity index (χ1) is 23.4. The molecule has 2 unspecified atom stereocenters. The van der Waals surface area contributed by atoms with E-state index in [9.17, 15) is 17.6 Å². The van der Waals surface area contributed by atoms with E-state index in [1.807, 2.05) is 12.1 Å². The van der Waals surface area contributed by atoms with Crippen LogP contribution in [0.3, 0.4) is 0 Å². The predicted molar refractivity (Wildman–Crippen MR) is 166 cm³/mol. The maximum absolute atomic E-state index is 15.6. The number of nitrogens with zero attached hydrogens (tertiary/aromatic N) is 6. The maximum Gasteiger partial charge on any atom is 0.451 e. The fourth-order valence-electron chi connectivity index (χ4n) is 6.77. The molecule has 0 radical (unpaired) electrons. The van der Waals surface area contributed by atoms with Crippen molar-refractivity contribution in [1.29, 1.82) is 0 Å². The van der Waals surface area contributed by atoms with Crippen LogP contribution in [0.15, 0.2) is 42.5 Å². The summed E-state index contributed by atoms with van der Waals surface area (Å²) in [7, 11) is 0. The third-order valence-corrected chi connectivity index (χ3v) is 9.60. The van der Waals surface area contributed by atoms with Crippen molar-refractivity contribution in [2.24, 2.45) is 0 Å². The number of piperidine rings is 1. The van der Waals surface area contributed by atoms with Crippen LogP contribution in [-0.4, -0.2) is 60.4 Å². The van der Waals surface area contributed by atoms with Crippen LogP contribution in [0.5, 0.6) is 11.5 Å². The van der Waals surface area contributed by atoms with Gasteiger partial charge in [-0.25, -0.2) is 14.4 Å². The van der Waals surface area contributed by atoms with E-state index in [1.54, 1.807) is 29.7 Å². The Morgan fingerprint density at radius 3 is 2.51 bits per heavy atom. The third-order valence-electron chi connectivity index (χ3n) is 9.36. The molecule has 0 aliphatic carbocycles. The number of benzene rings is 2. The normalized spacial score (nSPS) is 21.4. The van der Waals surface area contributed by atoms with Gasteiger partial charge in [0, 0.05) is 24.1 Å². The quantitative estimate of drug-likeness (QED) is 0.143. The van der Waals surface area contributed by atoms with E-state index < -0.39 is 29.6 Å². The summed E-state index contributed by atoms with van der Waals surface area (Å²) in [6.45, 7) is 4.46. The molecule has 0 bridgehead atoms. The molecule has 3 aliphatic heterocycles. The average Bonchev–Trinajstić information content (AvgIpc) is 3.75. The molecule has 16 heteroatoms. The molecule has 0 saturated carbocycles. The number of aromatic amines is 1. The van der Waals surface area contributed by atoms with Crippen molar-refractivity contribution < 1.29 is 36.2 Å². The predicted octanol–water partition coefficient (Wildman–Crippen LogP) is 6.98. The van der Waals surface area contributed by atoms with E-state index in [4.69, 9.17) is 30.8 Å². The summed E-state index contributed by atoms with van der Waals surface area (Å²) < 4.78 is 89.6. The van der Waals surface area contributed by atoms with Crippen LogP contribution < -0.4 is 9.47 Å². The van der Waals surface area contributed by atoms with Gasteiger partial charge in [-0.05, 0) is 68.6 Å². The Morgan fingerprint density at radius 1 is 1.02 bits per heavy atom. The molecule has 0 spiro atoms. The number of alkyl halides is 3. The van der Waals surface area contributed by atoms with Crippen molar-refractivity contribution in [3.05, 3.63) is 82.0 Å². The molecular formula is C33H29ClF5N7O3. The summed E-state index contributed by atoms with van der Waals surface area (Å²) in [6, 6.07) is 11.5. The number of fused-ring (bicyclic) bond motifs is 2. The summed E-state index contributed by atoms with van der Waals surface area (Å²) in [5, 5.41) is 6.93. The van der Waals surface area contributed by atoms with Gasteiger partial charge in [-0.2, -0.15) is 17.6 Å². The number of para-hydroxylation sites is 1. The van der Waals surface area contributed by atoms with Gasteiger partial charge in [0.1, 0.15) is 22.9 Å². The zero-order valence-corrected chi connectivity index (χ0v) is 26.8. The third kappa shape index (κ3) is 5.87. The van der Waals surface area contributed by atoms with Crippen molar-refractivity contribution in [3.8, 4) is 23.0 Å². The number of pyridine rings is 1. The summed E-state index contributed by atoms with van der Waals surface area (Å²) in [6.07, 6.45) is -2.47. The van der Waals surface area contributed by atoms with Gasteiger partial charge in [-0.3, -0.25) is 4.90 Å². The van der Waals surface area contributed by atoms with Crippen molar-refractivity contribution in [2.75, 3.05) is 19.7 Å². The van der Waals surface area contributed by atoms with Crippen LogP contribution in [0.2, 0.25) is 5.02 Å². The molecule has 2 fully saturated rings. The lowest BCUT2D eigenvalue weighted by Gasteiger charge is -2.33. The Kier molecular flexibility index (Phi) is 7.76. The maximum atomic E-state index is 15.6. The highest BCUT2D eigenvalue weighted by molar-refractivity contribution is 6.30. The first-order valence-electron chi connectivity index (χ1n) is 15.8. The van der Waals surface area contributed by atoms with Crippen LogP contribution in [0.4, 0.5) is 22.0 Å². The molecule has 2 atom stereocenters. The summed E-state index contributed by atoms with van der Waals surface area (Å²) in [5.74, 6) is -2.50. The number of likely N-dealkylation sites (tertiary alicyclic amines) is 1. The number of H-pyrrole nitrogens is 1. The molecule has 0 amide bonds. The lowest BCUT2D eigenvalue weighted by molar-refractivity contribution is -0.144. The number of imidazole rings is 1. The second-order valence-corrected chi connectivity index (χ2v) is 13.0. The van der Waals surface area contributed by atoms with E-state index in [2.05, 4.69) is 25.1 Å². The lowest BCUT2D eigenvalue weighted by Crippen LogP contribution is -2.35. The van der Waals surface area contributed by atoms with Crippen molar-refractivity contribution in [2.45, 2.75) is 63.3 Å². The summed E-state index contributed by atoms with van der Waals surface area (Å²) in [5.41, 5.74) is 1.48. The number of nitrogens with one attached hydrogen (secondary N) is 1. The monoisotopic (exact) mass is 701 g/mol. The van der Waals surface area contributed by atoms with E-state index in [1.165, 1.54) is 12.1 Å². The van der Waals surface area contributed by atoms with Gasteiger partial charge in [-0.1, -0.05) is 23.7 Å². The van der Waals surface area contributed by atoms with Crippen molar-refractivity contribution >= 4 is 22.6 Å². The number of aromatic nitrogens is 6. The second-order valence-electron chi connectivity index (χ2n) is 12.6. The SMILES string of the molecule is CC1(c2ccc(Cl)cc2F)Oc2cccc(C3CCN(Cc4nc5cc(-c6nnc(C(F)(F)F)[nH]6)nc(F)c5n4CC4CCO4)CC3)c2O1. The smallest absolute Gasteiger partial charge is 0.444 e. The van der Waals surface area contributed by atoms with Crippen molar-refractivity contribution in [3.63, 3.8) is 0 Å². The van der Waals surface area contributed by atoms with Crippen LogP contribution in [0.25, 0.3) is 22.6 Å². The largest absolute Gasteiger partial charge is 0.451 e. The highest BCUT2D eigenvalue weighted by Crippen LogP contribution is 2.50. The van der Waals surface area contributed by atoms with Crippen LogP contribution in [0, 0.1) is 11.8 Å². The molecule has 10 nitrogen and oxygen atoms in total. The Hall–Kier alpha value is -4.34. The molecule has 2 aromatic carbocycles. The Balaban J connectivity index is 1.02. The number of hydrogen-bond donors (Lipinski definition) is 1. The zero-order chi connectivity index (χ0) is 34.1. The number of halogens is 6. The molecule has 6 heterocycles. The minimum absolute atomic E-state index is 0.112. The van der Waals surface area contributed by atoms with Crippen LogP contribution in [0.1, 0.15) is 54.9 Å². The van der Waals surface area contributed by atoms with Crippen molar-refractivity contribution in [1.82, 2.24) is 34.6 Å². The fourth-order valence-corrected chi connectivity index (χ4v) is 6.93. The van der Waals surface area contributed by atoms with Gasteiger partial charge in [0.05, 0.1) is 30.3 Å². The molecule has 3 aromatic heterocycles. The van der Waals surface area contributed by atoms with E-state index in [0.717, 1.165) is 24.8 Å². The Morgan fingerprint density at radius 2 is 1.82 bits per heavy atom. The van der Waals surface area contributed by atoms with E-state index in [0.29, 0.717) is 50.1 Å². The Bertz CT molecular complexity index is 2060. The van der Waals surface area contributed by atoms with Gasteiger partial charge in [-0.15, -0.1) is 10.2 Å². The first-order valence-corrected chi connectivity index (χ1v) is 16.2. The topological polar surface area (TPSA) is 103 Å². The van der Waals surface area contributed by atoms with Gasteiger partial charge in [0.2, 0.25) is 11.8 Å². The summed E-state index contributed by atoms with van der Waals surface area (Å²) >= 11 is 5.97. The molecule has 5 aromatic rings. The molecule has 49 heavy (non-hydrogen) atoms. The highest BCUT2D eigenvalue weighted by Gasteiger charge is 2.43. The fraction of sp³-hybridized carbons (Fsp3) is 0.394. The minimum atomic E-state index is -4.74. The summed E-state index contributed by atoms with van der Waals surface area (Å²) in [4.78, 5) is 12.9. The van der Waals surface area contributed by atoms with Crippen LogP contribution >= 0.6 is 11.6 Å². The van der Waals surface area contributed by atoms with Gasteiger partial charge < -0.3 is 23.8 Å². The first kappa shape index (κ1) is 31.9. The number of ether oxygens (including phenoxy) is 3. The standard InChI is InChI=1S/C33H29ClF5N7O3/c1-32(21-6-5-18(34)13-22(21)35)48-25-4-2-3-20(28(25)49-32)17-7-10-45(11-8-17)16-26-40-23-14-24(30-42-31(44-43-30)33(37,38)39)41-29(36)27(23)46(26)15-19-9-12-47-19/h2-6,13-14,17,19H,7-12,15-16H2,1H3,(H,42,43,44). The van der Waals surface area contributed by atoms with Gasteiger partial charge >= 0.3 is 6.18 Å². The zero-order valence-electron chi connectivity index (χ0n) is 26.0. The Labute approximate surface area is 281 Å². The average molecular weight is 702 g/mol. The molecule has 8 rings (SSSR count). The molecule has 2 saturated heterocycles. The van der Waals surface area contributed by atoms with Gasteiger partial charge in [0.15, 0.2) is 17.3 Å². The van der Waals surface area contributed by atoms with E-state index in [-0.39, 0.29) is 45.2 Å². The second kappa shape index (κ2) is 11.9. The molecular weight excluding hydrogens is 673 g/mol. The number of hydrogen-bond acceptors (Lipinski definition) is 8. The molecule has 1 N–H and O–H groups in total. The molecule has 256 valence electrons. The van der Waals surface area contributed by atoms with Crippen LogP contribution in [-0.2, 0) is 29.8 Å². The minimum Gasteiger partial charge on any atom is -0.444 e. The molecule has 3 aliphatic rings. The highest BCUT2D eigenvalue weighted by atomic mass is 35.5. The lowest BCUT2D eigenvalue weighted by atomic mass is 9.88. The van der Waals surface area contributed by atoms with Gasteiger partial charge in [0.25, 0.3) is 5.79 Å². The number of rotatable bonds is 7. The van der Waals surface area contributed by atoms with E-state index >= 15 is 4.39 Å².